The van der Waals surface area contributed by atoms with Crippen LogP contribution in [0.4, 0.5) is 16.2 Å². The first-order chi connectivity index (χ1) is 11.0. The van der Waals surface area contributed by atoms with Crippen LogP contribution in [0.1, 0.15) is 19.3 Å². The summed E-state index contributed by atoms with van der Waals surface area (Å²) in [7, 11) is 0. The smallest absolute Gasteiger partial charge is 0.321 e. The molecule has 3 amide bonds. The van der Waals surface area contributed by atoms with Gasteiger partial charge in [0.05, 0.1) is 5.92 Å². The molecule has 122 valence electrons. The van der Waals surface area contributed by atoms with E-state index in [-0.39, 0.29) is 18.5 Å². The number of rotatable bonds is 3. The predicted molar refractivity (Wildman–Crippen MR) is 84.4 cm³/mol. The van der Waals surface area contributed by atoms with Gasteiger partial charge in [0.15, 0.2) is 0 Å². The summed E-state index contributed by atoms with van der Waals surface area (Å²) in [5.74, 6) is -1.26. The Morgan fingerprint density at radius 3 is 2.74 bits per heavy atom. The number of hydrogen-bond acceptors (Lipinski definition) is 3. The molecule has 0 bridgehead atoms. The lowest BCUT2D eigenvalue weighted by Crippen LogP contribution is -2.33. The summed E-state index contributed by atoms with van der Waals surface area (Å²) < 4.78 is 0. The molecule has 3 rings (SSSR count). The molecule has 1 aromatic rings. The van der Waals surface area contributed by atoms with Crippen LogP contribution in [0.5, 0.6) is 0 Å². The SMILES string of the molecule is O=C(O)C1CCN(C(=O)Nc2cccc(N3CCCC3=O)c2)C1. The fraction of sp³-hybridized carbons (Fsp3) is 0.438. The number of likely N-dealkylation sites (tertiary alicyclic amines) is 1. The van der Waals surface area contributed by atoms with Crippen LogP contribution in [0.15, 0.2) is 24.3 Å². The highest BCUT2D eigenvalue weighted by molar-refractivity contribution is 5.96. The Hall–Kier alpha value is -2.57. The number of hydrogen-bond donors (Lipinski definition) is 2. The summed E-state index contributed by atoms with van der Waals surface area (Å²) in [6, 6.07) is 6.85. The van der Waals surface area contributed by atoms with E-state index in [0.717, 1.165) is 12.1 Å². The van der Waals surface area contributed by atoms with Crippen LogP contribution in [0, 0.1) is 5.92 Å². The molecule has 2 saturated heterocycles. The fourth-order valence-electron chi connectivity index (χ4n) is 3.02. The van der Waals surface area contributed by atoms with Gasteiger partial charge in [-0.1, -0.05) is 6.07 Å². The zero-order chi connectivity index (χ0) is 16.4. The van der Waals surface area contributed by atoms with E-state index in [1.807, 2.05) is 6.07 Å². The molecule has 7 nitrogen and oxygen atoms in total. The molecule has 23 heavy (non-hydrogen) atoms. The molecular weight excluding hydrogens is 298 g/mol. The minimum atomic E-state index is -0.866. The van der Waals surface area contributed by atoms with Gasteiger partial charge in [0.1, 0.15) is 0 Å². The fourth-order valence-corrected chi connectivity index (χ4v) is 3.02. The number of nitrogens with zero attached hydrogens (tertiary/aromatic N) is 2. The molecule has 1 aromatic carbocycles. The number of carboxylic acids is 1. The van der Waals surface area contributed by atoms with Crippen LogP contribution < -0.4 is 10.2 Å². The average Bonchev–Trinajstić information content (AvgIpc) is 3.16. The summed E-state index contributed by atoms with van der Waals surface area (Å²) >= 11 is 0. The molecule has 1 unspecified atom stereocenters. The van der Waals surface area contributed by atoms with Crippen molar-refractivity contribution in [3.05, 3.63) is 24.3 Å². The lowest BCUT2D eigenvalue weighted by Gasteiger charge is -2.19. The lowest BCUT2D eigenvalue weighted by atomic mass is 10.1. The molecule has 2 aliphatic rings. The van der Waals surface area contributed by atoms with E-state index < -0.39 is 11.9 Å². The van der Waals surface area contributed by atoms with Crippen LogP contribution in [0.25, 0.3) is 0 Å². The average molecular weight is 317 g/mol. The lowest BCUT2D eigenvalue weighted by molar-refractivity contribution is -0.141. The number of carbonyl (C=O) groups is 3. The van der Waals surface area contributed by atoms with Crippen molar-refractivity contribution in [1.29, 1.82) is 0 Å². The second kappa shape index (κ2) is 6.28. The van der Waals surface area contributed by atoms with Gasteiger partial charge in [-0.05, 0) is 31.0 Å². The highest BCUT2D eigenvalue weighted by Crippen LogP contribution is 2.25. The molecule has 7 heteroatoms. The van der Waals surface area contributed by atoms with Crippen molar-refractivity contribution >= 4 is 29.3 Å². The van der Waals surface area contributed by atoms with E-state index in [1.54, 1.807) is 23.1 Å². The molecular formula is C16H19N3O4. The quantitative estimate of drug-likeness (QED) is 0.888. The zero-order valence-electron chi connectivity index (χ0n) is 12.7. The number of carbonyl (C=O) groups excluding carboxylic acids is 2. The molecule has 0 spiro atoms. The number of amides is 3. The number of benzene rings is 1. The monoisotopic (exact) mass is 317 g/mol. The first-order valence-electron chi connectivity index (χ1n) is 7.74. The van der Waals surface area contributed by atoms with Crippen molar-refractivity contribution in [1.82, 2.24) is 4.90 Å². The maximum absolute atomic E-state index is 12.2. The second-order valence-corrected chi connectivity index (χ2v) is 5.90. The van der Waals surface area contributed by atoms with Gasteiger partial charge in [-0.15, -0.1) is 0 Å². The van der Waals surface area contributed by atoms with Crippen LogP contribution >= 0.6 is 0 Å². The molecule has 0 aliphatic carbocycles. The van der Waals surface area contributed by atoms with Crippen molar-refractivity contribution in [3.8, 4) is 0 Å². The van der Waals surface area contributed by atoms with Crippen LogP contribution in [0.3, 0.4) is 0 Å². The Labute approximate surface area is 133 Å². The zero-order valence-corrected chi connectivity index (χ0v) is 12.7. The van der Waals surface area contributed by atoms with E-state index in [1.165, 1.54) is 4.90 Å². The maximum Gasteiger partial charge on any atom is 0.321 e. The Morgan fingerprint density at radius 2 is 2.09 bits per heavy atom. The minimum absolute atomic E-state index is 0.0947. The largest absolute Gasteiger partial charge is 0.481 e. The molecule has 0 saturated carbocycles. The summed E-state index contributed by atoms with van der Waals surface area (Å²) in [6.45, 7) is 1.36. The third-order valence-electron chi connectivity index (χ3n) is 4.31. The molecule has 2 fully saturated rings. The van der Waals surface area contributed by atoms with Crippen molar-refractivity contribution in [3.63, 3.8) is 0 Å². The van der Waals surface area contributed by atoms with Gasteiger partial charge in [0.25, 0.3) is 0 Å². The van der Waals surface area contributed by atoms with E-state index >= 15 is 0 Å². The van der Waals surface area contributed by atoms with Gasteiger partial charge in [-0.2, -0.15) is 0 Å². The van der Waals surface area contributed by atoms with Crippen molar-refractivity contribution in [2.45, 2.75) is 19.3 Å². The van der Waals surface area contributed by atoms with E-state index in [0.29, 0.717) is 31.6 Å². The Morgan fingerprint density at radius 1 is 1.26 bits per heavy atom. The molecule has 2 heterocycles. The summed E-state index contributed by atoms with van der Waals surface area (Å²) in [6.07, 6.45) is 1.88. The first kappa shape index (κ1) is 15.3. The highest BCUT2D eigenvalue weighted by atomic mass is 16.4. The predicted octanol–water partition coefficient (Wildman–Crippen LogP) is 1.75. The molecule has 0 aromatic heterocycles. The highest BCUT2D eigenvalue weighted by Gasteiger charge is 2.31. The van der Waals surface area contributed by atoms with E-state index in [2.05, 4.69) is 5.32 Å². The Kier molecular flexibility index (Phi) is 4.18. The van der Waals surface area contributed by atoms with Crippen molar-refractivity contribution in [2.24, 2.45) is 5.92 Å². The van der Waals surface area contributed by atoms with E-state index in [4.69, 9.17) is 5.11 Å². The van der Waals surface area contributed by atoms with Gasteiger partial charge in [-0.3, -0.25) is 9.59 Å². The van der Waals surface area contributed by atoms with Gasteiger partial charge in [-0.25, -0.2) is 4.79 Å². The van der Waals surface area contributed by atoms with Crippen molar-refractivity contribution < 1.29 is 19.5 Å². The van der Waals surface area contributed by atoms with Gasteiger partial charge in [0.2, 0.25) is 5.91 Å². The number of anilines is 2. The summed E-state index contributed by atoms with van der Waals surface area (Å²) in [4.78, 5) is 38.2. The third-order valence-corrected chi connectivity index (χ3v) is 4.31. The van der Waals surface area contributed by atoms with E-state index in [9.17, 15) is 14.4 Å². The molecule has 2 N–H and O–H groups in total. The summed E-state index contributed by atoms with van der Waals surface area (Å²) in [5.41, 5.74) is 1.38. The maximum atomic E-state index is 12.2. The van der Waals surface area contributed by atoms with Crippen LogP contribution in [-0.4, -0.2) is 47.5 Å². The standard InChI is InChI=1S/C16H19N3O4/c20-14-5-2-7-19(14)13-4-1-3-12(9-13)17-16(23)18-8-6-11(10-18)15(21)22/h1,3-4,9,11H,2,5-8,10H2,(H,17,23)(H,21,22). The van der Waals surface area contributed by atoms with Gasteiger partial charge < -0.3 is 20.2 Å². The Bertz CT molecular complexity index is 646. The normalized spacial score (nSPS) is 20.9. The summed E-state index contributed by atoms with van der Waals surface area (Å²) in [5, 5.41) is 11.8. The van der Waals surface area contributed by atoms with Crippen LogP contribution in [0.2, 0.25) is 0 Å². The van der Waals surface area contributed by atoms with Gasteiger partial charge >= 0.3 is 12.0 Å². The number of nitrogens with one attached hydrogen (secondary N) is 1. The first-order valence-corrected chi connectivity index (χ1v) is 7.74. The topological polar surface area (TPSA) is 89.9 Å². The molecule has 0 radical (unpaired) electrons. The Balaban J connectivity index is 1.65. The minimum Gasteiger partial charge on any atom is -0.481 e. The number of aliphatic carboxylic acids is 1. The third kappa shape index (κ3) is 3.28. The van der Waals surface area contributed by atoms with Gasteiger partial charge in [0, 0.05) is 37.4 Å². The van der Waals surface area contributed by atoms with Crippen molar-refractivity contribution in [2.75, 3.05) is 29.9 Å². The molecule has 1 atom stereocenters. The second-order valence-electron chi connectivity index (χ2n) is 5.90. The molecule has 2 aliphatic heterocycles. The number of urea groups is 1. The van der Waals surface area contributed by atoms with Crippen LogP contribution in [-0.2, 0) is 9.59 Å². The number of carboxylic acid groups (broad SMARTS) is 1.